The van der Waals surface area contributed by atoms with Crippen molar-refractivity contribution >= 4 is 28.1 Å². The molecule has 2 amide bonds. The van der Waals surface area contributed by atoms with Gasteiger partial charge in [-0.1, -0.05) is 0 Å². The number of carbonyl (C=O) groups excluding carboxylic acids is 1. The smallest absolute Gasteiger partial charge is 0.315 e. The summed E-state index contributed by atoms with van der Waals surface area (Å²) in [5.74, 6) is 1.33. The molecule has 3 heterocycles. The summed E-state index contributed by atoms with van der Waals surface area (Å²) in [6.07, 6.45) is 8.43. The number of nitriles is 1. The lowest BCUT2D eigenvalue weighted by molar-refractivity contribution is 0.237. The second-order valence-electron chi connectivity index (χ2n) is 8.15. The lowest BCUT2D eigenvalue weighted by Gasteiger charge is -2.30. The second kappa shape index (κ2) is 8.11. The Labute approximate surface area is 169 Å². The molecule has 0 bridgehead atoms. The molecule has 0 spiro atoms. The van der Waals surface area contributed by atoms with E-state index >= 15 is 0 Å². The Hall–Kier alpha value is -3.08. The van der Waals surface area contributed by atoms with Crippen LogP contribution >= 0.6 is 0 Å². The number of nitrogens with one attached hydrogen (secondary N) is 3. The summed E-state index contributed by atoms with van der Waals surface area (Å²) < 4.78 is 2.30. The number of hydrogen-bond acceptors (Lipinski definition) is 4. The van der Waals surface area contributed by atoms with E-state index in [9.17, 15) is 4.79 Å². The number of aromatic nitrogens is 4. The number of aromatic amines is 1. The average molecular weight is 393 g/mol. The second-order valence-corrected chi connectivity index (χ2v) is 8.15. The van der Waals surface area contributed by atoms with Crippen LogP contribution in [0.1, 0.15) is 57.8 Å². The van der Waals surface area contributed by atoms with Crippen LogP contribution in [0.2, 0.25) is 0 Å². The zero-order valence-electron chi connectivity index (χ0n) is 16.9. The molecule has 0 aromatic carbocycles. The third-order valence-corrected chi connectivity index (χ3v) is 5.70. The van der Waals surface area contributed by atoms with E-state index in [1.165, 1.54) is 0 Å². The molecule has 3 aromatic heterocycles. The van der Waals surface area contributed by atoms with Crippen LogP contribution in [0.25, 0.3) is 22.1 Å². The van der Waals surface area contributed by atoms with E-state index in [4.69, 9.17) is 10.2 Å². The van der Waals surface area contributed by atoms with Gasteiger partial charge in [0.15, 0.2) is 0 Å². The van der Waals surface area contributed by atoms with Crippen molar-refractivity contribution in [1.29, 1.82) is 5.26 Å². The predicted octanol–water partition coefficient (Wildman–Crippen LogP) is 3.77. The van der Waals surface area contributed by atoms with Gasteiger partial charge in [0, 0.05) is 30.1 Å². The number of carbonyl (C=O) groups is 1. The molecule has 0 radical (unpaired) electrons. The van der Waals surface area contributed by atoms with Gasteiger partial charge in [0.25, 0.3) is 0 Å². The van der Waals surface area contributed by atoms with E-state index in [1.54, 1.807) is 6.20 Å². The number of amides is 2. The number of nitrogens with zero attached hydrogens (tertiary/aromatic N) is 4. The van der Waals surface area contributed by atoms with Crippen molar-refractivity contribution < 1.29 is 4.79 Å². The van der Waals surface area contributed by atoms with Crippen LogP contribution < -0.4 is 10.6 Å². The van der Waals surface area contributed by atoms with Crippen molar-refractivity contribution in [3.63, 3.8) is 0 Å². The molecule has 0 atom stereocenters. The Bertz CT molecular complexity index is 1050. The van der Waals surface area contributed by atoms with Crippen LogP contribution in [0.4, 0.5) is 4.79 Å². The highest BCUT2D eigenvalue weighted by Crippen LogP contribution is 2.37. The van der Waals surface area contributed by atoms with Crippen molar-refractivity contribution in [3.05, 3.63) is 24.3 Å². The first kappa shape index (κ1) is 19.2. The molecular weight excluding hydrogens is 366 g/mol. The molecule has 3 N–H and O–H groups in total. The summed E-state index contributed by atoms with van der Waals surface area (Å²) in [5.41, 5.74) is 2.76. The van der Waals surface area contributed by atoms with E-state index in [0.717, 1.165) is 53.6 Å². The van der Waals surface area contributed by atoms with E-state index in [1.807, 2.05) is 26.1 Å². The normalized spacial score (nSPS) is 19.5. The number of urea groups is 1. The van der Waals surface area contributed by atoms with Gasteiger partial charge in [-0.05, 0) is 51.5 Å². The molecule has 1 fully saturated rings. The standard InChI is InChI=1S/C21H27N7O/c1-13(2)26-21(29)25-12-18-27-17-11-24-20-16(8-10-23-20)19(17)28(18)15-5-3-14(4-6-15)7-9-22/h8,10-11,13-15H,3-7,12H2,1-2H3,(H,23,24)(H2,25,26,29). The van der Waals surface area contributed by atoms with Crippen LogP contribution in [-0.4, -0.2) is 31.6 Å². The predicted molar refractivity (Wildman–Crippen MR) is 111 cm³/mol. The Morgan fingerprint density at radius 1 is 1.38 bits per heavy atom. The molecule has 0 aliphatic heterocycles. The first-order valence-corrected chi connectivity index (χ1v) is 10.3. The highest BCUT2D eigenvalue weighted by molar-refractivity contribution is 6.01. The number of hydrogen-bond donors (Lipinski definition) is 3. The van der Waals surface area contributed by atoms with Gasteiger partial charge < -0.3 is 20.2 Å². The zero-order chi connectivity index (χ0) is 20.4. The van der Waals surface area contributed by atoms with Gasteiger partial charge in [0.1, 0.15) is 17.0 Å². The minimum absolute atomic E-state index is 0.0768. The fourth-order valence-electron chi connectivity index (χ4n) is 4.37. The molecule has 0 saturated heterocycles. The van der Waals surface area contributed by atoms with Gasteiger partial charge in [-0.3, -0.25) is 0 Å². The summed E-state index contributed by atoms with van der Waals surface area (Å²) in [6.45, 7) is 4.23. The fourth-order valence-corrected chi connectivity index (χ4v) is 4.37. The average Bonchev–Trinajstić information content (AvgIpc) is 3.30. The summed E-state index contributed by atoms with van der Waals surface area (Å²) >= 11 is 0. The van der Waals surface area contributed by atoms with E-state index in [0.29, 0.717) is 24.9 Å². The third-order valence-electron chi connectivity index (χ3n) is 5.70. The lowest BCUT2D eigenvalue weighted by Crippen LogP contribution is -2.39. The monoisotopic (exact) mass is 393 g/mol. The fraction of sp³-hybridized carbons (Fsp3) is 0.524. The lowest BCUT2D eigenvalue weighted by atomic mass is 9.84. The van der Waals surface area contributed by atoms with Crippen LogP contribution in [-0.2, 0) is 6.54 Å². The first-order valence-electron chi connectivity index (χ1n) is 10.3. The van der Waals surface area contributed by atoms with Crippen LogP contribution in [0.5, 0.6) is 0 Å². The van der Waals surface area contributed by atoms with Gasteiger partial charge in [-0.2, -0.15) is 5.26 Å². The highest BCUT2D eigenvalue weighted by atomic mass is 16.2. The molecule has 152 valence electrons. The maximum Gasteiger partial charge on any atom is 0.315 e. The Morgan fingerprint density at radius 2 is 2.17 bits per heavy atom. The minimum Gasteiger partial charge on any atom is -0.346 e. The summed E-state index contributed by atoms with van der Waals surface area (Å²) in [6, 6.07) is 4.53. The van der Waals surface area contributed by atoms with Crippen molar-refractivity contribution in [2.45, 2.75) is 64.6 Å². The number of pyridine rings is 1. The molecular formula is C21H27N7O. The van der Waals surface area contributed by atoms with Crippen molar-refractivity contribution in [1.82, 2.24) is 30.2 Å². The quantitative estimate of drug-likeness (QED) is 0.612. The van der Waals surface area contributed by atoms with E-state index in [2.05, 4.69) is 31.2 Å². The third kappa shape index (κ3) is 3.90. The minimum atomic E-state index is -0.193. The Morgan fingerprint density at radius 3 is 2.90 bits per heavy atom. The summed E-state index contributed by atoms with van der Waals surface area (Å²) in [4.78, 5) is 24.6. The summed E-state index contributed by atoms with van der Waals surface area (Å²) in [7, 11) is 0. The molecule has 1 saturated carbocycles. The first-order chi connectivity index (χ1) is 14.1. The molecule has 1 aliphatic rings. The largest absolute Gasteiger partial charge is 0.346 e. The van der Waals surface area contributed by atoms with Gasteiger partial charge >= 0.3 is 6.03 Å². The van der Waals surface area contributed by atoms with E-state index < -0.39 is 0 Å². The van der Waals surface area contributed by atoms with Crippen molar-refractivity contribution in [2.24, 2.45) is 5.92 Å². The van der Waals surface area contributed by atoms with Gasteiger partial charge in [-0.15, -0.1) is 0 Å². The van der Waals surface area contributed by atoms with Crippen molar-refractivity contribution in [3.8, 4) is 6.07 Å². The molecule has 8 nitrogen and oxygen atoms in total. The van der Waals surface area contributed by atoms with Crippen LogP contribution in [0.3, 0.4) is 0 Å². The van der Waals surface area contributed by atoms with Crippen molar-refractivity contribution in [2.75, 3.05) is 0 Å². The maximum absolute atomic E-state index is 12.1. The SMILES string of the molecule is CC(C)NC(=O)NCc1nc2cnc3[nH]ccc3c2n1C1CCC(CC#N)CC1. The maximum atomic E-state index is 12.1. The number of imidazole rings is 1. The van der Waals surface area contributed by atoms with E-state index in [-0.39, 0.29) is 12.1 Å². The molecule has 4 rings (SSSR count). The Kier molecular flexibility index (Phi) is 5.38. The molecule has 0 unspecified atom stereocenters. The number of fused-ring (bicyclic) bond motifs is 3. The molecule has 8 heteroatoms. The zero-order valence-corrected chi connectivity index (χ0v) is 16.9. The number of H-pyrrole nitrogens is 1. The van der Waals surface area contributed by atoms with Gasteiger partial charge in [-0.25, -0.2) is 14.8 Å². The number of rotatable bonds is 5. The molecule has 29 heavy (non-hydrogen) atoms. The molecule has 1 aliphatic carbocycles. The van der Waals surface area contributed by atoms with Gasteiger partial charge in [0.05, 0.1) is 24.3 Å². The van der Waals surface area contributed by atoms with Gasteiger partial charge in [0.2, 0.25) is 0 Å². The highest BCUT2D eigenvalue weighted by Gasteiger charge is 2.27. The van der Waals surface area contributed by atoms with Crippen LogP contribution in [0, 0.1) is 17.2 Å². The topological polar surface area (TPSA) is 111 Å². The molecule has 3 aromatic rings. The Balaban J connectivity index is 1.68. The van der Waals surface area contributed by atoms with Crippen LogP contribution in [0.15, 0.2) is 18.5 Å². The summed E-state index contributed by atoms with van der Waals surface area (Å²) in [5, 5.41) is 15.9.